The number of nitrogens with zero attached hydrogens (tertiary/aromatic N) is 1. The van der Waals surface area contributed by atoms with Gasteiger partial charge in [0.2, 0.25) is 11.8 Å². The molecule has 5 nitrogen and oxygen atoms in total. The summed E-state index contributed by atoms with van der Waals surface area (Å²) in [4.78, 5) is 27.4. The highest BCUT2D eigenvalue weighted by Gasteiger charge is 2.30. The van der Waals surface area contributed by atoms with Crippen LogP contribution >= 0.6 is 0 Å². The largest absolute Gasteiger partial charge is 0.356 e. The molecule has 5 heteroatoms. The summed E-state index contributed by atoms with van der Waals surface area (Å²) in [5, 5.41) is 6.06. The lowest BCUT2D eigenvalue weighted by molar-refractivity contribution is -0.122. The van der Waals surface area contributed by atoms with Crippen LogP contribution in [0, 0.1) is 11.8 Å². The van der Waals surface area contributed by atoms with Crippen LogP contribution in [0.3, 0.4) is 0 Å². The molecule has 1 atom stereocenters. The number of amides is 2. The molecule has 1 aromatic heterocycles. The lowest BCUT2D eigenvalue weighted by Crippen LogP contribution is -2.37. The molecule has 0 bridgehead atoms. The summed E-state index contributed by atoms with van der Waals surface area (Å²) >= 11 is 0. The summed E-state index contributed by atoms with van der Waals surface area (Å²) < 4.78 is 0. The third kappa shape index (κ3) is 5.34. The normalized spacial score (nSPS) is 22.2. The number of carbonyl (C=O) groups is 2. The Hall–Kier alpha value is -1.91. The van der Waals surface area contributed by atoms with Crippen LogP contribution in [0.1, 0.15) is 57.7 Å². The topological polar surface area (TPSA) is 71.1 Å². The van der Waals surface area contributed by atoms with Crippen molar-refractivity contribution in [2.24, 2.45) is 11.8 Å². The van der Waals surface area contributed by atoms with Gasteiger partial charge in [0.25, 0.3) is 0 Å². The van der Waals surface area contributed by atoms with Crippen molar-refractivity contribution in [3.8, 4) is 0 Å². The van der Waals surface area contributed by atoms with Crippen LogP contribution in [-0.2, 0) is 9.59 Å². The lowest BCUT2D eigenvalue weighted by Gasteiger charge is -2.34. The molecule has 126 valence electrons. The molecule has 0 spiro atoms. The zero-order valence-corrected chi connectivity index (χ0v) is 14.0. The molecule has 2 amide bonds. The van der Waals surface area contributed by atoms with Gasteiger partial charge in [0.15, 0.2) is 0 Å². The number of carbonyl (C=O) groups excluding carboxylic acids is 2. The van der Waals surface area contributed by atoms with Gasteiger partial charge in [0.1, 0.15) is 0 Å². The fraction of sp³-hybridized carbons (Fsp3) is 0.611. The highest BCUT2D eigenvalue weighted by molar-refractivity contribution is 5.76. The van der Waals surface area contributed by atoms with Gasteiger partial charge in [-0.2, -0.15) is 0 Å². The Morgan fingerprint density at radius 2 is 2.00 bits per heavy atom. The van der Waals surface area contributed by atoms with E-state index in [4.69, 9.17) is 0 Å². The van der Waals surface area contributed by atoms with Gasteiger partial charge in [-0.1, -0.05) is 13.0 Å². The van der Waals surface area contributed by atoms with Crippen LogP contribution in [0.4, 0.5) is 0 Å². The molecule has 0 radical (unpaired) electrons. The molecule has 1 aliphatic rings. The van der Waals surface area contributed by atoms with E-state index in [0.29, 0.717) is 18.3 Å². The zero-order valence-electron chi connectivity index (χ0n) is 14.0. The van der Waals surface area contributed by atoms with Gasteiger partial charge in [-0.05, 0) is 49.7 Å². The summed E-state index contributed by atoms with van der Waals surface area (Å²) in [5.74, 6) is 1.06. The van der Waals surface area contributed by atoms with E-state index in [0.717, 1.165) is 37.9 Å². The van der Waals surface area contributed by atoms with E-state index in [-0.39, 0.29) is 17.9 Å². The molecule has 0 saturated heterocycles. The van der Waals surface area contributed by atoms with Gasteiger partial charge < -0.3 is 10.6 Å². The van der Waals surface area contributed by atoms with E-state index in [9.17, 15) is 9.59 Å². The minimum absolute atomic E-state index is 0.00892. The van der Waals surface area contributed by atoms with Crippen molar-refractivity contribution in [3.63, 3.8) is 0 Å². The van der Waals surface area contributed by atoms with Crippen LogP contribution in [-0.4, -0.2) is 23.3 Å². The molecule has 1 heterocycles. The number of nitrogens with one attached hydrogen (secondary N) is 2. The number of pyridine rings is 1. The Balaban J connectivity index is 1.98. The number of hydrogen-bond donors (Lipinski definition) is 2. The van der Waals surface area contributed by atoms with E-state index >= 15 is 0 Å². The minimum Gasteiger partial charge on any atom is -0.356 e. The predicted octanol–water partition coefficient (Wildman–Crippen LogP) is 2.59. The van der Waals surface area contributed by atoms with E-state index in [1.807, 2.05) is 25.1 Å². The van der Waals surface area contributed by atoms with Crippen LogP contribution in [0.5, 0.6) is 0 Å². The van der Waals surface area contributed by atoms with Crippen molar-refractivity contribution in [3.05, 3.63) is 30.1 Å². The summed E-state index contributed by atoms with van der Waals surface area (Å²) in [6, 6.07) is 5.84. The van der Waals surface area contributed by atoms with Crippen LogP contribution < -0.4 is 10.6 Å². The van der Waals surface area contributed by atoms with Gasteiger partial charge in [0, 0.05) is 26.1 Å². The first-order valence-electron chi connectivity index (χ1n) is 8.54. The molecule has 1 aliphatic carbocycles. The van der Waals surface area contributed by atoms with Crippen molar-refractivity contribution in [2.45, 2.75) is 52.0 Å². The number of aromatic nitrogens is 1. The first-order chi connectivity index (χ1) is 11.1. The van der Waals surface area contributed by atoms with E-state index in [2.05, 4.69) is 15.6 Å². The maximum absolute atomic E-state index is 11.9. The minimum atomic E-state index is -0.00892. The van der Waals surface area contributed by atoms with Gasteiger partial charge >= 0.3 is 0 Å². The van der Waals surface area contributed by atoms with Crippen molar-refractivity contribution < 1.29 is 9.59 Å². The van der Waals surface area contributed by atoms with Crippen molar-refractivity contribution in [1.82, 2.24) is 15.6 Å². The molecule has 0 aromatic carbocycles. The highest BCUT2D eigenvalue weighted by atomic mass is 16.2. The van der Waals surface area contributed by atoms with Crippen molar-refractivity contribution >= 4 is 11.8 Å². The van der Waals surface area contributed by atoms with Crippen molar-refractivity contribution in [2.75, 3.05) is 6.54 Å². The summed E-state index contributed by atoms with van der Waals surface area (Å²) in [6.45, 7) is 4.19. The highest BCUT2D eigenvalue weighted by Crippen LogP contribution is 2.36. The number of hydrogen-bond acceptors (Lipinski definition) is 3. The molecule has 2 rings (SSSR count). The molecule has 23 heavy (non-hydrogen) atoms. The molecule has 1 saturated carbocycles. The maximum atomic E-state index is 11.9. The molecule has 1 aromatic rings. The maximum Gasteiger partial charge on any atom is 0.220 e. The molecular weight excluding hydrogens is 290 g/mol. The Labute approximate surface area is 138 Å². The molecule has 1 fully saturated rings. The van der Waals surface area contributed by atoms with Crippen LogP contribution in [0.2, 0.25) is 0 Å². The Kier molecular flexibility index (Phi) is 6.56. The quantitative estimate of drug-likeness (QED) is 0.847. The lowest BCUT2D eigenvalue weighted by atomic mass is 9.77. The summed E-state index contributed by atoms with van der Waals surface area (Å²) in [6.07, 6.45) is 6.53. The Morgan fingerprint density at radius 3 is 2.57 bits per heavy atom. The monoisotopic (exact) mass is 317 g/mol. The molecule has 0 unspecified atom stereocenters. The van der Waals surface area contributed by atoms with Crippen LogP contribution in [0.25, 0.3) is 0 Å². The Morgan fingerprint density at radius 1 is 1.26 bits per heavy atom. The fourth-order valence-corrected chi connectivity index (χ4v) is 3.28. The fourth-order valence-electron chi connectivity index (χ4n) is 3.28. The van der Waals surface area contributed by atoms with E-state index < -0.39 is 0 Å². The second-order valence-electron chi connectivity index (χ2n) is 6.37. The van der Waals surface area contributed by atoms with Gasteiger partial charge in [-0.25, -0.2) is 0 Å². The van der Waals surface area contributed by atoms with Crippen LogP contribution in [0.15, 0.2) is 24.4 Å². The van der Waals surface area contributed by atoms with Gasteiger partial charge in [-0.3, -0.25) is 14.6 Å². The number of rotatable bonds is 6. The standard InChI is InChI=1S/C18H27N3O2/c1-3-17(23)21-18(16-6-4-5-11-19-16)15-9-7-14(8-10-15)12-20-13(2)22/h4-6,11,14-15,18H,3,7-10,12H2,1-2H3,(H,20,22)(H,21,23)/t14?,15?,18-/m1/s1. The van der Waals surface area contributed by atoms with Crippen molar-refractivity contribution in [1.29, 1.82) is 0 Å². The first kappa shape index (κ1) is 17.4. The average molecular weight is 317 g/mol. The second kappa shape index (κ2) is 8.65. The van der Waals surface area contributed by atoms with E-state index in [1.165, 1.54) is 0 Å². The summed E-state index contributed by atoms with van der Waals surface area (Å²) in [7, 11) is 0. The van der Waals surface area contributed by atoms with Gasteiger partial charge in [0.05, 0.1) is 11.7 Å². The summed E-state index contributed by atoms with van der Waals surface area (Å²) in [5.41, 5.74) is 0.944. The first-order valence-corrected chi connectivity index (χ1v) is 8.54. The molecule has 0 aliphatic heterocycles. The SMILES string of the molecule is CCC(=O)N[C@@H](c1ccccn1)C1CCC(CNC(C)=O)CC1. The van der Waals surface area contributed by atoms with Gasteiger partial charge in [-0.15, -0.1) is 0 Å². The third-order valence-electron chi connectivity index (χ3n) is 4.65. The smallest absolute Gasteiger partial charge is 0.220 e. The average Bonchev–Trinajstić information content (AvgIpc) is 2.59. The zero-order chi connectivity index (χ0) is 16.7. The third-order valence-corrected chi connectivity index (χ3v) is 4.65. The predicted molar refractivity (Wildman–Crippen MR) is 89.5 cm³/mol. The Bertz CT molecular complexity index is 510. The van der Waals surface area contributed by atoms with E-state index in [1.54, 1.807) is 13.1 Å². The second-order valence-corrected chi connectivity index (χ2v) is 6.37. The molecule has 2 N–H and O–H groups in total. The molecular formula is C18H27N3O2.